The lowest BCUT2D eigenvalue weighted by Gasteiger charge is -2.27. The lowest BCUT2D eigenvalue weighted by molar-refractivity contribution is -0.186. The topological polar surface area (TPSA) is 44.8 Å². The van der Waals surface area contributed by atoms with Crippen LogP contribution in [0.25, 0.3) is 0 Å². The Morgan fingerprint density at radius 1 is 1.04 bits per heavy atom. The van der Waals surface area contributed by atoms with Gasteiger partial charge in [-0.05, 0) is 29.0 Å². The molecule has 0 bridgehead atoms. The summed E-state index contributed by atoms with van der Waals surface area (Å²) in [6.45, 7) is 13.5. The smallest absolute Gasteiger partial charge is 0.338 e. The molecule has 1 aromatic carbocycles. The molecule has 0 spiro atoms. The molecule has 0 aliphatic rings. The number of rotatable bonds is 7. The van der Waals surface area contributed by atoms with E-state index in [-0.39, 0.29) is 17.4 Å². The Hall–Kier alpha value is -1.10. The molecule has 0 aliphatic heterocycles. The molecule has 1 aromatic rings. The molecular weight excluding hydrogens is 328 g/mol. The fourth-order valence-electron chi connectivity index (χ4n) is 1.67. The highest BCUT2D eigenvalue weighted by molar-refractivity contribution is 6.30. The summed E-state index contributed by atoms with van der Waals surface area (Å²) in [6, 6.07) is 6.66. The predicted octanol–water partition coefficient (Wildman–Crippen LogP) is 4.95. The highest BCUT2D eigenvalue weighted by Gasteiger charge is 2.21. The minimum atomic E-state index is -0.591. The van der Waals surface area contributed by atoms with Crippen molar-refractivity contribution in [2.45, 2.75) is 47.8 Å². The number of halogens is 1. The van der Waals surface area contributed by atoms with E-state index in [1.54, 1.807) is 24.3 Å². The summed E-state index contributed by atoms with van der Waals surface area (Å²) >= 11 is 5.89. The Bertz CT molecular complexity index is 511. The molecule has 24 heavy (non-hydrogen) atoms. The summed E-state index contributed by atoms with van der Waals surface area (Å²) in [4.78, 5) is 12.1. The SMILES string of the molecule is CC(C)(C)COC(COC(=O)c1cccc(Cl)c1)OCC(C)(C)C. The van der Waals surface area contributed by atoms with Crippen molar-refractivity contribution in [3.63, 3.8) is 0 Å². The monoisotopic (exact) mass is 356 g/mol. The first-order valence-electron chi connectivity index (χ1n) is 8.12. The summed E-state index contributed by atoms with van der Waals surface area (Å²) in [7, 11) is 0. The van der Waals surface area contributed by atoms with E-state index in [4.69, 9.17) is 25.8 Å². The molecule has 0 saturated carbocycles. The van der Waals surface area contributed by atoms with Gasteiger partial charge in [0.05, 0.1) is 18.8 Å². The van der Waals surface area contributed by atoms with Gasteiger partial charge in [-0.3, -0.25) is 0 Å². The molecule has 5 heteroatoms. The number of benzene rings is 1. The van der Waals surface area contributed by atoms with Crippen molar-refractivity contribution in [3.05, 3.63) is 34.9 Å². The summed E-state index contributed by atoms with van der Waals surface area (Å²) < 4.78 is 16.9. The van der Waals surface area contributed by atoms with Crippen molar-refractivity contribution in [2.24, 2.45) is 10.8 Å². The third kappa shape index (κ3) is 9.26. The van der Waals surface area contributed by atoms with Gasteiger partial charge in [-0.1, -0.05) is 59.2 Å². The third-order valence-electron chi connectivity index (χ3n) is 2.82. The van der Waals surface area contributed by atoms with Crippen LogP contribution >= 0.6 is 11.6 Å². The van der Waals surface area contributed by atoms with Crippen LogP contribution in [0.2, 0.25) is 5.02 Å². The Labute approximate surface area is 150 Å². The average Bonchev–Trinajstić information content (AvgIpc) is 2.44. The van der Waals surface area contributed by atoms with Gasteiger partial charge >= 0.3 is 5.97 Å². The van der Waals surface area contributed by atoms with E-state index in [1.165, 1.54) is 0 Å². The van der Waals surface area contributed by atoms with E-state index in [1.807, 2.05) is 0 Å². The minimum absolute atomic E-state index is 0.000304. The molecule has 0 aliphatic carbocycles. The molecule has 0 N–H and O–H groups in total. The van der Waals surface area contributed by atoms with Gasteiger partial charge in [-0.25, -0.2) is 4.79 Å². The Kier molecular flexibility index (Phi) is 7.71. The van der Waals surface area contributed by atoms with Crippen LogP contribution in [0.5, 0.6) is 0 Å². The first kappa shape index (κ1) is 20.9. The van der Waals surface area contributed by atoms with Crippen LogP contribution in [0.1, 0.15) is 51.9 Å². The predicted molar refractivity (Wildman–Crippen MR) is 96.3 cm³/mol. The maximum absolute atomic E-state index is 12.1. The van der Waals surface area contributed by atoms with E-state index < -0.39 is 12.3 Å². The molecule has 1 rings (SSSR count). The van der Waals surface area contributed by atoms with Crippen LogP contribution in [0.4, 0.5) is 0 Å². The van der Waals surface area contributed by atoms with Crippen molar-refractivity contribution < 1.29 is 19.0 Å². The zero-order chi connectivity index (χ0) is 18.4. The zero-order valence-corrected chi connectivity index (χ0v) is 16.3. The first-order chi connectivity index (χ1) is 11.0. The quantitative estimate of drug-likeness (QED) is 0.512. The van der Waals surface area contributed by atoms with Gasteiger partial charge in [0.1, 0.15) is 6.61 Å². The molecule has 0 amide bonds. The molecule has 0 fully saturated rings. The number of carbonyl (C=O) groups excluding carboxylic acids is 1. The van der Waals surface area contributed by atoms with Crippen molar-refractivity contribution in [1.29, 1.82) is 0 Å². The van der Waals surface area contributed by atoms with Crippen LogP contribution < -0.4 is 0 Å². The van der Waals surface area contributed by atoms with Crippen LogP contribution in [-0.4, -0.2) is 32.1 Å². The summed E-state index contributed by atoms with van der Waals surface area (Å²) in [5.74, 6) is -0.443. The van der Waals surface area contributed by atoms with Crippen molar-refractivity contribution >= 4 is 17.6 Å². The number of ether oxygens (including phenoxy) is 3. The average molecular weight is 357 g/mol. The van der Waals surface area contributed by atoms with Crippen LogP contribution in [0, 0.1) is 10.8 Å². The molecule has 0 aromatic heterocycles. The molecule has 0 unspecified atom stereocenters. The third-order valence-corrected chi connectivity index (χ3v) is 3.05. The van der Waals surface area contributed by atoms with E-state index >= 15 is 0 Å². The van der Waals surface area contributed by atoms with Crippen molar-refractivity contribution in [2.75, 3.05) is 19.8 Å². The number of hydrogen-bond acceptors (Lipinski definition) is 4. The van der Waals surface area contributed by atoms with Crippen molar-refractivity contribution in [1.82, 2.24) is 0 Å². The second-order valence-corrected chi connectivity index (χ2v) is 8.72. The van der Waals surface area contributed by atoms with Gasteiger partial charge in [-0.2, -0.15) is 0 Å². The molecule has 0 saturated heterocycles. The Balaban J connectivity index is 2.61. The van der Waals surface area contributed by atoms with Crippen LogP contribution in [0.3, 0.4) is 0 Å². The number of hydrogen-bond donors (Lipinski definition) is 0. The summed E-state index contributed by atoms with van der Waals surface area (Å²) in [6.07, 6.45) is -0.591. The molecule has 0 atom stereocenters. The maximum Gasteiger partial charge on any atom is 0.338 e. The Morgan fingerprint density at radius 2 is 1.58 bits per heavy atom. The molecule has 136 valence electrons. The van der Waals surface area contributed by atoms with E-state index in [0.717, 1.165) is 0 Å². The summed E-state index contributed by atoms with van der Waals surface area (Å²) in [5, 5.41) is 0.494. The number of esters is 1. The van der Waals surface area contributed by atoms with Gasteiger partial charge in [0.15, 0.2) is 6.29 Å². The molecular formula is C19H29ClO4. The van der Waals surface area contributed by atoms with E-state index in [9.17, 15) is 4.79 Å². The number of carbonyl (C=O) groups is 1. The zero-order valence-electron chi connectivity index (χ0n) is 15.5. The lowest BCUT2D eigenvalue weighted by atomic mass is 9.98. The van der Waals surface area contributed by atoms with E-state index in [2.05, 4.69) is 41.5 Å². The van der Waals surface area contributed by atoms with Gasteiger partial charge in [0.2, 0.25) is 0 Å². The van der Waals surface area contributed by atoms with Crippen LogP contribution in [-0.2, 0) is 14.2 Å². The minimum Gasteiger partial charge on any atom is -0.457 e. The van der Waals surface area contributed by atoms with Crippen molar-refractivity contribution in [3.8, 4) is 0 Å². The molecule has 4 nitrogen and oxygen atoms in total. The second-order valence-electron chi connectivity index (χ2n) is 8.28. The van der Waals surface area contributed by atoms with E-state index in [0.29, 0.717) is 23.8 Å². The van der Waals surface area contributed by atoms with Gasteiger partial charge < -0.3 is 14.2 Å². The largest absolute Gasteiger partial charge is 0.457 e. The second kappa shape index (κ2) is 8.84. The molecule has 0 heterocycles. The highest BCUT2D eigenvalue weighted by Crippen LogP contribution is 2.18. The summed E-state index contributed by atoms with van der Waals surface area (Å²) in [5.41, 5.74) is 0.411. The molecule has 0 radical (unpaired) electrons. The van der Waals surface area contributed by atoms with Crippen LogP contribution in [0.15, 0.2) is 24.3 Å². The first-order valence-corrected chi connectivity index (χ1v) is 8.50. The fourth-order valence-corrected chi connectivity index (χ4v) is 1.86. The standard InChI is InChI=1S/C19H29ClO4/c1-18(2,3)12-23-16(24-13-19(4,5)6)11-22-17(21)14-8-7-9-15(20)10-14/h7-10,16H,11-13H2,1-6H3. The van der Waals surface area contributed by atoms with Gasteiger partial charge in [0.25, 0.3) is 0 Å². The highest BCUT2D eigenvalue weighted by atomic mass is 35.5. The fraction of sp³-hybridized carbons (Fsp3) is 0.632. The maximum atomic E-state index is 12.1. The normalized spacial score (nSPS) is 12.5. The lowest BCUT2D eigenvalue weighted by Crippen LogP contribution is -2.32. The van der Waals surface area contributed by atoms with Gasteiger partial charge in [0, 0.05) is 5.02 Å². The Morgan fingerprint density at radius 3 is 2.04 bits per heavy atom. The van der Waals surface area contributed by atoms with Gasteiger partial charge in [-0.15, -0.1) is 0 Å².